The van der Waals surface area contributed by atoms with Gasteiger partial charge in [0, 0.05) is 49.3 Å². The Morgan fingerprint density at radius 1 is 1.14 bits per heavy atom. The first-order valence-electron chi connectivity index (χ1n) is 12.7. The molecule has 2 amide bonds. The number of ether oxygens (including phenoxy) is 1. The predicted octanol–water partition coefficient (Wildman–Crippen LogP) is 2.46. The number of H-pyrrole nitrogens is 1. The quantitative estimate of drug-likeness (QED) is 0.473. The molecule has 3 N–H and O–H groups in total. The molecule has 3 heterocycles. The molecule has 190 valence electrons. The summed E-state index contributed by atoms with van der Waals surface area (Å²) in [6, 6.07) is 15.5. The van der Waals surface area contributed by atoms with Gasteiger partial charge in [0.05, 0.1) is 25.7 Å². The van der Waals surface area contributed by atoms with Crippen LogP contribution in [0.3, 0.4) is 0 Å². The first kappa shape index (κ1) is 24.3. The minimum Gasteiger partial charge on any atom is -0.497 e. The number of aliphatic hydroxyl groups is 1. The van der Waals surface area contributed by atoms with E-state index in [0.29, 0.717) is 39.0 Å². The zero-order valence-electron chi connectivity index (χ0n) is 20.7. The van der Waals surface area contributed by atoms with E-state index in [0.717, 1.165) is 40.6 Å². The number of aliphatic hydroxyl groups excluding tert-OH is 1. The van der Waals surface area contributed by atoms with Crippen LogP contribution in [0.15, 0.2) is 54.7 Å². The highest BCUT2D eigenvalue weighted by Crippen LogP contribution is 2.27. The molecule has 5 rings (SSSR count). The lowest BCUT2D eigenvalue weighted by atomic mass is 10.0. The van der Waals surface area contributed by atoms with E-state index in [1.165, 1.54) is 0 Å². The number of para-hydroxylation sites is 1. The van der Waals surface area contributed by atoms with Crippen molar-refractivity contribution in [3.63, 3.8) is 0 Å². The van der Waals surface area contributed by atoms with Crippen LogP contribution in [-0.2, 0) is 22.6 Å². The van der Waals surface area contributed by atoms with Crippen molar-refractivity contribution < 1.29 is 19.4 Å². The second-order valence-electron chi connectivity index (χ2n) is 9.82. The fraction of sp³-hybridized carbons (Fsp3) is 0.429. The molecule has 36 heavy (non-hydrogen) atoms. The third-order valence-electron chi connectivity index (χ3n) is 7.52. The van der Waals surface area contributed by atoms with E-state index in [2.05, 4.69) is 15.2 Å². The molecule has 2 aliphatic heterocycles. The lowest BCUT2D eigenvalue weighted by Gasteiger charge is -2.39. The highest BCUT2D eigenvalue weighted by molar-refractivity contribution is 5.89. The van der Waals surface area contributed by atoms with Crippen LogP contribution in [-0.4, -0.2) is 76.6 Å². The number of fused-ring (bicyclic) bond motifs is 1. The fourth-order valence-electron chi connectivity index (χ4n) is 5.59. The summed E-state index contributed by atoms with van der Waals surface area (Å²) in [6.07, 6.45) is 3.82. The first-order chi connectivity index (χ1) is 17.5. The van der Waals surface area contributed by atoms with Gasteiger partial charge in [0.15, 0.2) is 0 Å². The van der Waals surface area contributed by atoms with Gasteiger partial charge in [0.25, 0.3) is 0 Å². The summed E-state index contributed by atoms with van der Waals surface area (Å²) in [4.78, 5) is 33.4. The number of aromatic nitrogens is 1. The Morgan fingerprint density at radius 3 is 2.75 bits per heavy atom. The van der Waals surface area contributed by atoms with Crippen molar-refractivity contribution in [2.75, 3.05) is 26.7 Å². The predicted molar refractivity (Wildman–Crippen MR) is 138 cm³/mol. The van der Waals surface area contributed by atoms with E-state index in [4.69, 9.17) is 4.74 Å². The third kappa shape index (κ3) is 5.24. The number of carbonyl (C=O) groups is 2. The molecule has 0 spiro atoms. The van der Waals surface area contributed by atoms with Gasteiger partial charge in [-0.15, -0.1) is 0 Å². The van der Waals surface area contributed by atoms with Gasteiger partial charge in [-0.25, -0.2) is 0 Å². The summed E-state index contributed by atoms with van der Waals surface area (Å²) in [5.41, 5.74) is 3.03. The lowest BCUT2D eigenvalue weighted by molar-refractivity contribution is -0.133. The summed E-state index contributed by atoms with van der Waals surface area (Å²) in [5.74, 6) is 0.824. The molecule has 2 fully saturated rings. The number of methoxy groups -OCH3 is 1. The van der Waals surface area contributed by atoms with Crippen LogP contribution in [0.4, 0.5) is 0 Å². The second kappa shape index (κ2) is 10.7. The number of likely N-dealkylation sites (tertiary alicyclic amines) is 2. The summed E-state index contributed by atoms with van der Waals surface area (Å²) >= 11 is 0. The maximum absolute atomic E-state index is 13.1. The van der Waals surface area contributed by atoms with Gasteiger partial charge < -0.3 is 25.0 Å². The zero-order chi connectivity index (χ0) is 25.1. The molecule has 2 aliphatic rings. The molecule has 0 unspecified atom stereocenters. The number of nitrogens with zero attached hydrogens (tertiary/aromatic N) is 2. The van der Waals surface area contributed by atoms with Crippen molar-refractivity contribution in [1.29, 1.82) is 0 Å². The Bertz CT molecular complexity index is 1220. The number of rotatable bonds is 7. The molecular formula is C28H34N4O4. The molecule has 0 saturated carbocycles. The Hall–Kier alpha value is -3.36. The maximum Gasteiger partial charge on any atom is 0.237 e. The maximum atomic E-state index is 13.1. The Labute approximate surface area is 211 Å². The standard InChI is InChI=1S/C28H34N4O4/c1-36-23-6-4-5-19(13-23)16-30-28(35)26-15-22(33)18-32(26)21-9-11-31(12-10-21)27(34)14-20-17-29-25-8-3-2-7-24(20)25/h2-8,13,17,21-22,26,29,33H,9-12,14-16,18H2,1H3,(H,30,35)/t22-,26+/m1/s1. The smallest absolute Gasteiger partial charge is 0.237 e. The van der Waals surface area contributed by atoms with Gasteiger partial charge >= 0.3 is 0 Å². The van der Waals surface area contributed by atoms with E-state index >= 15 is 0 Å². The van der Waals surface area contributed by atoms with Gasteiger partial charge in [-0.3, -0.25) is 14.5 Å². The average Bonchev–Trinajstić information content (AvgIpc) is 3.51. The van der Waals surface area contributed by atoms with Crippen molar-refractivity contribution in [1.82, 2.24) is 20.1 Å². The van der Waals surface area contributed by atoms with Gasteiger partial charge in [0.2, 0.25) is 11.8 Å². The number of hydrogen-bond acceptors (Lipinski definition) is 5. The topological polar surface area (TPSA) is 97.9 Å². The Morgan fingerprint density at radius 2 is 1.94 bits per heavy atom. The van der Waals surface area contributed by atoms with Crippen LogP contribution >= 0.6 is 0 Å². The Balaban J connectivity index is 1.15. The number of nitrogens with one attached hydrogen (secondary N) is 2. The van der Waals surface area contributed by atoms with Gasteiger partial charge in [-0.05, 0) is 48.6 Å². The molecule has 2 saturated heterocycles. The van der Waals surface area contributed by atoms with Crippen LogP contribution in [0.5, 0.6) is 5.75 Å². The number of β-amino-alcohol motifs (C(OH)–C–C–N with tert-alkyl or cyclic N) is 1. The molecule has 8 nitrogen and oxygen atoms in total. The van der Waals surface area contributed by atoms with E-state index in [9.17, 15) is 14.7 Å². The molecule has 2 atom stereocenters. The summed E-state index contributed by atoms with van der Waals surface area (Å²) in [5, 5.41) is 14.5. The third-order valence-corrected chi connectivity index (χ3v) is 7.52. The normalized spacial score (nSPS) is 21.1. The molecule has 0 aliphatic carbocycles. The van der Waals surface area contributed by atoms with Crippen LogP contribution < -0.4 is 10.1 Å². The van der Waals surface area contributed by atoms with Crippen LogP contribution in [0.25, 0.3) is 10.9 Å². The lowest BCUT2D eigenvalue weighted by Crippen LogP contribution is -2.52. The largest absolute Gasteiger partial charge is 0.497 e. The Kier molecular flexibility index (Phi) is 7.25. The minimum absolute atomic E-state index is 0.0628. The van der Waals surface area contributed by atoms with Gasteiger partial charge in [-0.2, -0.15) is 0 Å². The molecule has 0 bridgehead atoms. The van der Waals surface area contributed by atoms with Crippen molar-refractivity contribution >= 4 is 22.7 Å². The summed E-state index contributed by atoms with van der Waals surface area (Å²) < 4.78 is 5.26. The average molecular weight is 491 g/mol. The SMILES string of the molecule is COc1cccc(CNC(=O)[C@@H]2C[C@@H](O)CN2C2CCN(C(=O)Cc3c[nH]c4ccccc34)CC2)c1. The second-order valence-corrected chi connectivity index (χ2v) is 9.82. The number of aromatic amines is 1. The number of carbonyl (C=O) groups excluding carboxylic acids is 2. The highest BCUT2D eigenvalue weighted by atomic mass is 16.5. The van der Waals surface area contributed by atoms with E-state index < -0.39 is 6.10 Å². The summed E-state index contributed by atoms with van der Waals surface area (Å²) in [7, 11) is 1.62. The number of amides is 2. The number of piperidine rings is 1. The highest BCUT2D eigenvalue weighted by Gasteiger charge is 2.40. The van der Waals surface area contributed by atoms with E-state index in [1.807, 2.05) is 59.6 Å². The van der Waals surface area contributed by atoms with Crippen molar-refractivity contribution in [3.05, 3.63) is 65.9 Å². The van der Waals surface area contributed by atoms with Gasteiger partial charge in [-0.1, -0.05) is 30.3 Å². The molecular weight excluding hydrogens is 456 g/mol. The van der Waals surface area contributed by atoms with Crippen molar-refractivity contribution in [3.8, 4) is 5.75 Å². The summed E-state index contributed by atoms with van der Waals surface area (Å²) in [6.45, 7) is 2.23. The zero-order valence-corrected chi connectivity index (χ0v) is 20.7. The monoisotopic (exact) mass is 490 g/mol. The van der Waals surface area contributed by atoms with E-state index in [-0.39, 0.29) is 23.9 Å². The fourth-order valence-corrected chi connectivity index (χ4v) is 5.59. The first-order valence-corrected chi connectivity index (χ1v) is 12.7. The van der Waals surface area contributed by atoms with Crippen LogP contribution in [0.2, 0.25) is 0 Å². The molecule has 0 radical (unpaired) electrons. The van der Waals surface area contributed by atoms with E-state index in [1.54, 1.807) is 7.11 Å². The number of benzene rings is 2. The minimum atomic E-state index is -0.515. The molecule has 1 aromatic heterocycles. The number of hydrogen-bond donors (Lipinski definition) is 3. The van der Waals surface area contributed by atoms with Crippen LogP contribution in [0.1, 0.15) is 30.4 Å². The van der Waals surface area contributed by atoms with Crippen molar-refractivity contribution in [2.45, 2.75) is 50.4 Å². The molecule has 3 aromatic rings. The van der Waals surface area contributed by atoms with Gasteiger partial charge in [0.1, 0.15) is 5.75 Å². The molecule has 8 heteroatoms. The van der Waals surface area contributed by atoms with Crippen LogP contribution in [0, 0.1) is 0 Å². The van der Waals surface area contributed by atoms with Crippen molar-refractivity contribution in [2.24, 2.45) is 0 Å². The molecule has 2 aromatic carbocycles.